The van der Waals surface area contributed by atoms with Crippen LogP contribution in [-0.2, 0) is 14.4 Å². The lowest BCUT2D eigenvalue weighted by molar-refractivity contribution is -0.138. The SMILES string of the molecule is CCCCCCCCCCCC/C=C\[C@H](SC[C@H](N)C(=O)NCC(=O)O)[C@H](O)CCC(N)=O. The van der Waals surface area contributed by atoms with Crippen molar-refractivity contribution >= 4 is 29.5 Å². The van der Waals surface area contributed by atoms with Crippen molar-refractivity contribution in [1.82, 2.24) is 5.32 Å². The van der Waals surface area contributed by atoms with Crippen LogP contribution in [0.1, 0.15) is 90.4 Å². The summed E-state index contributed by atoms with van der Waals surface area (Å²) in [5.74, 6) is -1.95. The van der Waals surface area contributed by atoms with E-state index in [0.717, 1.165) is 12.8 Å². The molecular formula is C24H45N3O5S. The standard InChI is InChI=1S/C24H45N3O5S/c1-2-3-4-5-6-7-8-9-10-11-12-13-14-21(20(28)15-16-22(26)29)33-18-19(25)24(32)27-17-23(30)31/h13-14,19-21,28H,2-12,15-18,25H2,1H3,(H2,26,29)(H,27,32)(H,30,31)/b14-13-/t19-,20+,21-/m0/s1. The maximum atomic E-state index is 11.9. The third-order valence-corrected chi connectivity index (χ3v) is 6.74. The normalized spacial score (nSPS) is 14.2. The Kier molecular flexibility index (Phi) is 20.0. The molecule has 0 saturated heterocycles. The largest absolute Gasteiger partial charge is 0.480 e. The number of aliphatic hydroxyl groups excluding tert-OH is 1. The van der Waals surface area contributed by atoms with Crippen LogP contribution in [0, 0.1) is 0 Å². The van der Waals surface area contributed by atoms with E-state index in [1.165, 1.54) is 69.5 Å². The summed E-state index contributed by atoms with van der Waals surface area (Å²) in [6.07, 6.45) is 17.1. The van der Waals surface area contributed by atoms with Crippen molar-refractivity contribution in [3.8, 4) is 0 Å². The van der Waals surface area contributed by atoms with Crippen LogP contribution in [0.3, 0.4) is 0 Å². The summed E-state index contributed by atoms with van der Waals surface area (Å²) in [5.41, 5.74) is 11.0. The maximum absolute atomic E-state index is 11.9. The molecule has 0 aliphatic heterocycles. The molecule has 9 heteroatoms. The van der Waals surface area contributed by atoms with Crippen LogP contribution >= 0.6 is 11.8 Å². The third-order valence-electron chi connectivity index (χ3n) is 5.33. The number of nitrogens with two attached hydrogens (primary N) is 2. The Morgan fingerprint density at radius 2 is 1.58 bits per heavy atom. The van der Waals surface area contributed by atoms with Crippen LogP contribution in [-0.4, -0.2) is 57.7 Å². The second-order valence-corrected chi connectivity index (χ2v) is 9.70. The number of rotatable bonds is 22. The van der Waals surface area contributed by atoms with Crippen LogP contribution in [0.2, 0.25) is 0 Å². The first-order valence-electron chi connectivity index (χ1n) is 12.3. The Morgan fingerprint density at radius 1 is 1.00 bits per heavy atom. The van der Waals surface area contributed by atoms with Gasteiger partial charge in [-0.15, -0.1) is 11.8 Å². The number of aliphatic hydroxyl groups is 1. The summed E-state index contributed by atoms with van der Waals surface area (Å²) < 4.78 is 0. The van der Waals surface area contributed by atoms with E-state index in [2.05, 4.69) is 12.2 Å². The second-order valence-electron chi connectivity index (χ2n) is 8.49. The number of carboxylic acid groups (broad SMARTS) is 1. The highest BCUT2D eigenvalue weighted by atomic mass is 32.2. The average molecular weight is 488 g/mol. The first-order valence-corrected chi connectivity index (χ1v) is 13.3. The van der Waals surface area contributed by atoms with Gasteiger partial charge in [0.2, 0.25) is 11.8 Å². The molecule has 8 nitrogen and oxygen atoms in total. The van der Waals surface area contributed by atoms with Crippen molar-refractivity contribution in [2.75, 3.05) is 12.3 Å². The average Bonchev–Trinajstić information content (AvgIpc) is 2.78. The van der Waals surface area contributed by atoms with Crippen molar-refractivity contribution in [1.29, 1.82) is 0 Å². The van der Waals surface area contributed by atoms with Gasteiger partial charge in [-0.25, -0.2) is 0 Å². The first kappa shape index (κ1) is 31.4. The molecule has 0 aromatic rings. The minimum Gasteiger partial charge on any atom is -0.480 e. The fourth-order valence-corrected chi connectivity index (χ4v) is 4.47. The lowest BCUT2D eigenvalue weighted by atomic mass is 10.1. The van der Waals surface area contributed by atoms with E-state index in [9.17, 15) is 19.5 Å². The molecule has 0 aliphatic carbocycles. The molecule has 0 radical (unpaired) electrons. The van der Waals surface area contributed by atoms with Gasteiger partial charge in [-0.2, -0.15) is 0 Å². The number of nitrogens with one attached hydrogen (secondary N) is 1. The van der Waals surface area contributed by atoms with Crippen LogP contribution in [0.4, 0.5) is 0 Å². The number of unbranched alkanes of at least 4 members (excludes halogenated alkanes) is 10. The molecule has 3 atom stereocenters. The van der Waals surface area contributed by atoms with E-state index in [0.29, 0.717) is 0 Å². The summed E-state index contributed by atoms with van der Waals surface area (Å²) in [6, 6.07) is -0.893. The fourth-order valence-electron chi connectivity index (χ4n) is 3.31. The lowest BCUT2D eigenvalue weighted by Gasteiger charge is -2.21. The Balaban J connectivity index is 4.32. The Morgan fingerprint density at radius 3 is 2.12 bits per heavy atom. The topological polar surface area (TPSA) is 156 Å². The molecule has 0 spiro atoms. The van der Waals surface area contributed by atoms with Gasteiger partial charge in [-0.05, 0) is 19.3 Å². The number of allylic oxidation sites excluding steroid dienone is 1. The number of aliphatic carboxylic acids is 1. The van der Waals surface area contributed by atoms with Gasteiger partial charge >= 0.3 is 5.97 Å². The fraction of sp³-hybridized carbons (Fsp3) is 0.792. The van der Waals surface area contributed by atoms with Crippen LogP contribution < -0.4 is 16.8 Å². The highest BCUT2D eigenvalue weighted by Gasteiger charge is 2.21. The maximum Gasteiger partial charge on any atom is 0.322 e. The molecule has 0 bridgehead atoms. The van der Waals surface area contributed by atoms with Gasteiger partial charge in [0.15, 0.2) is 0 Å². The van der Waals surface area contributed by atoms with Crippen molar-refractivity contribution in [3.05, 3.63) is 12.2 Å². The molecule has 0 heterocycles. The van der Waals surface area contributed by atoms with Gasteiger partial charge in [-0.3, -0.25) is 14.4 Å². The molecule has 0 aromatic heterocycles. The first-order chi connectivity index (χ1) is 15.8. The number of carbonyl (C=O) groups is 3. The number of hydrogen-bond donors (Lipinski definition) is 5. The van der Waals surface area contributed by atoms with E-state index in [1.807, 2.05) is 12.2 Å². The molecule has 0 aromatic carbocycles. The minimum atomic E-state index is -1.14. The molecule has 33 heavy (non-hydrogen) atoms. The zero-order valence-electron chi connectivity index (χ0n) is 20.2. The van der Waals surface area contributed by atoms with Crippen LogP contribution in [0.5, 0.6) is 0 Å². The molecule has 192 valence electrons. The van der Waals surface area contributed by atoms with E-state index >= 15 is 0 Å². The van der Waals surface area contributed by atoms with Crippen LogP contribution in [0.15, 0.2) is 12.2 Å². The summed E-state index contributed by atoms with van der Waals surface area (Å²) in [7, 11) is 0. The molecule has 0 saturated carbocycles. The summed E-state index contributed by atoms with van der Waals surface area (Å²) >= 11 is 1.31. The Hall–Kier alpha value is -1.58. The van der Waals surface area contributed by atoms with Crippen molar-refractivity contribution < 1.29 is 24.6 Å². The number of primary amides is 1. The highest BCUT2D eigenvalue weighted by molar-refractivity contribution is 8.00. The Bertz CT molecular complexity index is 574. The molecule has 2 amide bonds. The predicted molar refractivity (Wildman–Crippen MR) is 135 cm³/mol. The smallest absolute Gasteiger partial charge is 0.322 e. The van der Waals surface area contributed by atoms with Crippen LogP contribution in [0.25, 0.3) is 0 Å². The molecular weight excluding hydrogens is 442 g/mol. The number of carboxylic acids is 1. The number of carbonyl (C=O) groups excluding carboxylic acids is 2. The quantitative estimate of drug-likeness (QED) is 0.116. The van der Waals surface area contributed by atoms with Crippen molar-refractivity contribution in [3.63, 3.8) is 0 Å². The molecule has 0 unspecified atom stereocenters. The van der Waals surface area contributed by atoms with Crippen molar-refractivity contribution in [2.45, 2.75) is 108 Å². The van der Waals surface area contributed by atoms with Gasteiger partial charge in [0.25, 0.3) is 0 Å². The Labute approximate surface area is 203 Å². The second kappa shape index (κ2) is 21.0. The summed E-state index contributed by atoms with van der Waals surface area (Å²) in [6.45, 7) is 1.75. The number of hydrogen-bond acceptors (Lipinski definition) is 6. The van der Waals surface area contributed by atoms with Crippen molar-refractivity contribution in [2.24, 2.45) is 11.5 Å². The molecule has 0 rings (SSSR count). The minimum absolute atomic E-state index is 0.0790. The summed E-state index contributed by atoms with van der Waals surface area (Å²) in [4.78, 5) is 33.5. The predicted octanol–water partition coefficient (Wildman–Crippen LogP) is 3.11. The lowest BCUT2D eigenvalue weighted by Crippen LogP contribution is -2.44. The van der Waals surface area contributed by atoms with E-state index < -0.39 is 36.5 Å². The van der Waals surface area contributed by atoms with Gasteiger partial charge in [0.1, 0.15) is 6.54 Å². The zero-order chi connectivity index (χ0) is 24.9. The molecule has 0 fully saturated rings. The van der Waals surface area contributed by atoms with E-state index in [-0.39, 0.29) is 23.8 Å². The van der Waals surface area contributed by atoms with Gasteiger partial charge in [0, 0.05) is 17.4 Å². The van der Waals surface area contributed by atoms with E-state index in [1.54, 1.807) is 0 Å². The summed E-state index contributed by atoms with van der Waals surface area (Å²) in [5, 5.41) is 21.0. The van der Waals surface area contributed by atoms with Gasteiger partial charge in [-0.1, -0.05) is 76.9 Å². The number of amides is 2. The van der Waals surface area contributed by atoms with Gasteiger partial charge < -0.3 is 27.0 Å². The monoisotopic (exact) mass is 487 g/mol. The highest BCUT2D eigenvalue weighted by Crippen LogP contribution is 2.21. The zero-order valence-corrected chi connectivity index (χ0v) is 21.0. The third kappa shape index (κ3) is 19.6. The number of thioether (sulfide) groups is 1. The molecule has 7 N–H and O–H groups in total. The van der Waals surface area contributed by atoms with E-state index in [4.69, 9.17) is 16.6 Å². The molecule has 0 aliphatic rings. The van der Waals surface area contributed by atoms with Gasteiger partial charge in [0.05, 0.1) is 12.1 Å².